The van der Waals surface area contributed by atoms with Gasteiger partial charge in [-0.15, -0.1) is 0 Å². The molecule has 0 aliphatic carbocycles. The van der Waals surface area contributed by atoms with Gasteiger partial charge in [0, 0.05) is 18.4 Å². The maximum atomic E-state index is 12.4. The Kier molecular flexibility index (Phi) is 4.56. The number of alkyl halides is 2. The molecule has 0 aliphatic rings. The van der Waals surface area contributed by atoms with Crippen molar-refractivity contribution >= 4 is 15.5 Å². The fourth-order valence-corrected chi connectivity index (χ4v) is 2.49. The summed E-state index contributed by atoms with van der Waals surface area (Å²) in [5.74, 6) is -3.40. The third-order valence-electron chi connectivity index (χ3n) is 2.85. The van der Waals surface area contributed by atoms with Gasteiger partial charge in [-0.1, -0.05) is 0 Å². The molecule has 2 rings (SSSR count). The van der Waals surface area contributed by atoms with Crippen LogP contribution in [0.15, 0.2) is 41.6 Å². The van der Waals surface area contributed by atoms with Gasteiger partial charge in [-0.25, -0.2) is 8.42 Å². The molecule has 0 saturated heterocycles. The molecule has 8 heteroatoms. The average molecular weight is 315 g/mol. The minimum Gasteiger partial charge on any atom is -0.383 e. The number of rotatable bonds is 6. The van der Waals surface area contributed by atoms with Crippen LogP contribution in [0, 0.1) is 6.92 Å². The molecule has 1 N–H and O–H groups in total. The smallest absolute Gasteiger partial charge is 0.341 e. The normalized spacial score (nSPS) is 11.8. The Bertz CT molecular complexity index is 696. The van der Waals surface area contributed by atoms with Crippen molar-refractivity contribution in [2.45, 2.75) is 24.1 Å². The van der Waals surface area contributed by atoms with E-state index in [9.17, 15) is 17.2 Å². The monoisotopic (exact) mass is 315 g/mol. The summed E-state index contributed by atoms with van der Waals surface area (Å²) in [6, 6.07) is 5.26. The van der Waals surface area contributed by atoms with Crippen molar-refractivity contribution in [3.05, 3.63) is 42.2 Å². The highest BCUT2D eigenvalue weighted by Gasteiger charge is 2.26. The maximum absolute atomic E-state index is 12.4. The fraction of sp³-hybridized carbons (Fsp3) is 0.308. The van der Waals surface area contributed by atoms with Gasteiger partial charge in [0.25, 0.3) is 0 Å². The topological polar surface area (TPSA) is 64.0 Å². The summed E-state index contributed by atoms with van der Waals surface area (Å²) in [6.07, 6.45) is 3.66. The summed E-state index contributed by atoms with van der Waals surface area (Å²) in [5, 5.41) is 7.19. The summed E-state index contributed by atoms with van der Waals surface area (Å²) in [5.41, 5.74) is 1.73. The van der Waals surface area contributed by atoms with Crippen LogP contribution in [0.5, 0.6) is 0 Å². The predicted octanol–water partition coefficient (Wildman–Crippen LogP) is 2.30. The highest BCUT2D eigenvalue weighted by atomic mass is 32.2. The molecule has 2 aromatic rings. The van der Waals surface area contributed by atoms with E-state index in [0.717, 1.165) is 5.56 Å². The number of halogens is 2. The van der Waals surface area contributed by atoms with Gasteiger partial charge in [-0.3, -0.25) is 4.68 Å². The lowest BCUT2D eigenvalue weighted by Crippen LogP contribution is -2.12. The summed E-state index contributed by atoms with van der Waals surface area (Å²) in [6.45, 7) is 3.17. The first kappa shape index (κ1) is 15.4. The van der Waals surface area contributed by atoms with E-state index < -0.39 is 15.6 Å². The lowest BCUT2D eigenvalue weighted by atomic mass is 10.3. The second kappa shape index (κ2) is 6.21. The Hall–Kier alpha value is -1.96. The fourth-order valence-electron chi connectivity index (χ4n) is 1.77. The lowest BCUT2D eigenvalue weighted by Gasteiger charge is -2.08. The van der Waals surface area contributed by atoms with Gasteiger partial charge in [-0.2, -0.15) is 13.9 Å². The number of sulfone groups is 1. The van der Waals surface area contributed by atoms with Gasteiger partial charge in [0.2, 0.25) is 9.84 Å². The molecule has 0 atom stereocenters. The largest absolute Gasteiger partial charge is 0.383 e. The number of hydrogen-bond donors (Lipinski definition) is 1. The second-order valence-electron chi connectivity index (χ2n) is 4.54. The summed E-state index contributed by atoms with van der Waals surface area (Å²) >= 11 is 0. The number of benzene rings is 1. The van der Waals surface area contributed by atoms with Gasteiger partial charge >= 0.3 is 5.76 Å². The van der Waals surface area contributed by atoms with Crippen molar-refractivity contribution in [1.82, 2.24) is 9.78 Å². The Balaban J connectivity index is 1.94. The standard InChI is InChI=1S/C13H15F2N3O2S/c1-10-8-17-18(9-10)7-6-16-11-2-4-12(5-3-11)21(19,20)13(14)15/h2-5,8-9,13,16H,6-7H2,1H3. The minimum absolute atomic E-state index is 0.384. The van der Waals surface area contributed by atoms with E-state index in [1.807, 2.05) is 13.1 Å². The molecule has 1 heterocycles. The molecule has 1 aromatic heterocycles. The van der Waals surface area contributed by atoms with E-state index in [1.54, 1.807) is 10.9 Å². The zero-order chi connectivity index (χ0) is 15.5. The molecular weight excluding hydrogens is 300 g/mol. The zero-order valence-electron chi connectivity index (χ0n) is 11.3. The first-order chi connectivity index (χ1) is 9.89. The Morgan fingerprint density at radius 1 is 1.29 bits per heavy atom. The molecule has 1 aromatic carbocycles. The van der Waals surface area contributed by atoms with Gasteiger partial charge < -0.3 is 5.32 Å². The van der Waals surface area contributed by atoms with E-state index >= 15 is 0 Å². The molecule has 0 fully saturated rings. The summed E-state index contributed by atoms with van der Waals surface area (Å²) in [7, 11) is -4.53. The zero-order valence-corrected chi connectivity index (χ0v) is 12.1. The van der Waals surface area contributed by atoms with Gasteiger partial charge in [0.05, 0.1) is 17.6 Å². The van der Waals surface area contributed by atoms with Crippen molar-refractivity contribution < 1.29 is 17.2 Å². The van der Waals surface area contributed by atoms with Crippen LogP contribution in [0.2, 0.25) is 0 Å². The van der Waals surface area contributed by atoms with Crippen molar-refractivity contribution in [3.8, 4) is 0 Å². The first-order valence-corrected chi connectivity index (χ1v) is 7.79. The van der Waals surface area contributed by atoms with Crippen LogP contribution in [0.25, 0.3) is 0 Å². The predicted molar refractivity (Wildman–Crippen MR) is 75.1 cm³/mol. The second-order valence-corrected chi connectivity index (χ2v) is 6.46. The third kappa shape index (κ3) is 3.78. The number of nitrogens with one attached hydrogen (secondary N) is 1. The van der Waals surface area contributed by atoms with E-state index in [-0.39, 0.29) is 4.90 Å². The Labute approximate surface area is 121 Å². The molecule has 5 nitrogen and oxygen atoms in total. The average Bonchev–Trinajstić information content (AvgIpc) is 2.85. The molecule has 114 valence electrons. The molecule has 0 saturated carbocycles. The molecule has 0 radical (unpaired) electrons. The summed E-state index contributed by atoms with van der Waals surface area (Å²) < 4.78 is 49.1. The van der Waals surface area contributed by atoms with Crippen LogP contribution < -0.4 is 5.32 Å². The lowest BCUT2D eigenvalue weighted by molar-refractivity contribution is 0.234. The van der Waals surface area contributed by atoms with Crippen LogP contribution >= 0.6 is 0 Å². The van der Waals surface area contributed by atoms with E-state index in [4.69, 9.17) is 0 Å². The van der Waals surface area contributed by atoms with Crippen molar-refractivity contribution in [2.75, 3.05) is 11.9 Å². The van der Waals surface area contributed by atoms with Crippen LogP contribution in [0.4, 0.5) is 14.5 Å². The summed E-state index contributed by atoms with van der Waals surface area (Å²) in [4.78, 5) is -0.384. The molecule has 0 amide bonds. The van der Waals surface area contributed by atoms with Crippen molar-refractivity contribution in [1.29, 1.82) is 0 Å². The van der Waals surface area contributed by atoms with Crippen molar-refractivity contribution in [2.24, 2.45) is 0 Å². The number of aryl methyl sites for hydroxylation is 1. The molecule has 0 unspecified atom stereocenters. The number of anilines is 1. The van der Waals surface area contributed by atoms with Crippen molar-refractivity contribution in [3.63, 3.8) is 0 Å². The van der Waals surface area contributed by atoms with E-state index in [2.05, 4.69) is 10.4 Å². The van der Waals surface area contributed by atoms with E-state index in [1.165, 1.54) is 24.3 Å². The highest BCUT2D eigenvalue weighted by molar-refractivity contribution is 7.91. The molecule has 0 bridgehead atoms. The van der Waals surface area contributed by atoms with Crippen LogP contribution in [-0.4, -0.2) is 30.5 Å². The van der Waals surface area contributed by atoms with Crippen LogP contribution in [0.1, 0.15) is 5.56 Å². The van der Waals surface area contributed by atoms with E-state index in [0.29, 0.717) is 18.8 Å². The Morgan fingerprint density at radius 3 is 2.48 bits per heavy atom. The van der Waals surface area contributed by atoms with Gasteiger partial charge in [0.1, 0.15) is 0 Å². The van der Waals surface area contributed by atoms with Gasteiger partial charge in [-0.05, 0) is 36.8 Å². The number of nitrogens with zero attached hydrogens (tertiary/aromatic N) is 2. The highest BCUT2D eigenvalue weighted by Crippen LogP contribution is 2.20. The SMILES string of the molecule is Cc1cnn(CCNc2ccc(S(=O)(=O)C(F)F)cc2)c1. The minimum atomic E-state index is -4.53. The van der Waals surface area contributed by atoms with Crippen LogP contribution in [-0.2, 0) is 16.4 Å². The molecular formula is C13H15F2N3O2S. The first-order valence-electron chi connectivity index (χ1n) is 6.24. The van der Waals surface area contributed by atoms with Crippen LogP contribution in [0.3, 0.4) is 0 Å². The number of aromatic nitrogens is 2. The number of hydrogen-bond acceptors (Lipinski definition) is 4. The maximum Gasteiger partial charge on any atom is 0.341 e. The molecule has 0 spiro atoms. The Morgan fingerprint density at radius 2 is 1.95 bits per heavy atom. The van der Waals surface area contributed by atoms with Gasteiger partial charge in [0.15, 0.2) is 0 Å². The molecule has 0 aliphatic heterocycles. The molecule has 21 heavy (non-hydrogen) atoms. The quantitative estimate of drug-likeness (QED) is 0.888. The third-order valence-corrected chi connectivity index (χ3v) is 4.25.